The summed E-state index contributed by atoms with van der Waals surface area (Å²) in [7, 11) is 0. The average molecular weight is 546 g/mol. The van der Waals surface area contributed by atoms with Crippen LogP contribution in [-0.2, 0) is 6.37 Å². The third kappa shape index (κ3) is 5.79. The van der Waals surface area contributed by atoms with E-state index < -0.39 is 31.1 Å². The number of hydrogen-bond acceptors (Lipinski definition) is 3. The number of nitrogens with one attached hydrogen (secondary N) is 1. The summed E-state index contributed by atoms with van der Waals surface area (Å²) in [4.78, 5) is 0. The summed E-state index contributed by atoms with van der Waals surface area (Å²) in [5, 5.41) is 19.1. The molecule has 3 nitrogen and oxygen atoms in total. The molecule has 0 atom stereocenters. The fourth-order valence-electron chi connectivity index (χ4n) is 4.94. The lowest BCUT2D eigenvalue weighted by molar-refractivity contribution is 0.411. The minimum atomic E-state index is -2.85. The van der Waals surface area contributed by atoms with Crippen LogP contribution in [0.25, 0.3) is 44.2 Å². The van der Waals surface area contributed by atoms with E-state index in [9.17, 15) is 5.26 Å². The van der Waals surface area contributed by atoms with Crippen molar-refractivity contribution >= 4 is 39.3 Å². The molecule has 0 bridgehead atoms. The van der Waals surface area contributed by atoms with Crippen LogP contribution in [0.5, 0.6) is 0 Å². The summed E-state index contributed by atoms with van der Waals surface area (Å²) in [6.07, 6.45) is 0.0939. The predicted molar refractivity (Wildman–Crippen MR) is 173 cm³/mol. The van der Waals surface area contributed by atoms with Crippen LogP contribution >= 0.6 is 0 Å². The highest BCUT2D eigenvalue weighted by molar-refractivity contribution is 6.09. The molecule has 0 saturated carbocycles. The zero-order chi connectivity index (χ0) is 37.0. The van der Waals surface area contributed by atoms with Gasteiger partial charge in [-0.05, 0) is 101 Å². The zero-order valence-electron chi connectivity index (χ0n) is 32.4. The third-order valence-electron chi connectivity index (χ3n) is 6.77. The van der Waals surface area contributed by atoms with Crippen molar-refractivity contribution in [3.8, 4) is 17.2 Å². The maximum Gasteiger partial charge on any atom is 0.142 e. The van der Waals surface area contributed by atoms with Gasteiger partial charge < -0.3 is 9.83 Å². The summed E-state index contributed by atoms with van der Waals surface area (Å²) in [6, 6.07) is 22.7. The van der Waals surface area contributed by atoms with E-state index >= 15 is 0 Å². The Hall–Kier alpha value is -4.68. The molecule has 0 saturated heterocycles. The zero-order valence-corrected chi connectivity index (χ0v) is 23.4. The molecule has 0 spiro atoms. The van der Waals surface area contributed by atoms with Gasteiger partial charge in [0, 0.05) is 33.5 Å². The number of nitrogens with zero attached hydrogens (tertiary/aromatic N) is 1. The van der Waals surface area contributed by atoms with Crippen molar-refractivity contribution in [2.75, 3.05) is 0 Å². The molecule has 5 aromatic rings. The number of para-hydroxylation sites is 1. The first kappa shape index (κ1) is 18.6. The monoisotopic (exact) mass is 545 g/mol. The van der Waals surface area contributed by atoms with Crippen molar-refractivity contribution in [3.05, 3.63) is 118 Å². The molecule has 4 aromatic carbocycles. The molecule has 0 amide bonds. The third-order valence-corrected chi connectivity index (χ3v) is 6.77. The van der Waals surface area contributed by atoms with Crippen LogP contribution in [0.15, 0.2) is 94.9 Å². The van der Waals surface area contributed by atoms with Crippen LogP contribution < -0.4 is 0 Å². The van der Waals surface area contributed by atoms with E-state index in [1.807, 2.05) is 42.5 Å². The van der Waals surface area contributed by atoms with Gasteiger partial charge in [0.05, 0.1) is 13.0 Å². The van der Waals surface area contributed by atoms with E-state index in [0.717, 1.165) is 21.9 Å². The second-order valence-corrected chi connectivity index (χ2v) is 11.0. The number of aryl methyl sites for hydroxylation is 1. The van der Waals surface area contributed by atoms with Crippen LogP contribution in [-0.4, -0.2) is 6.21 Å². The van der Waals surface area contributed by atoms with Crippen molar-refractivity contribution in [2.24, 2.45) is 5.41 Å². The standard InChI is InChI=1S/C38H36N2O/c1-24-17-27(21-38(4,5)6)13-15-31(24)35(26(3)22-39)18-25(2)32-11-8-12-34-33-16-14-30(20-36(33)41-37(32)34)29-10-7-9-28(19-29)23-40/h7-20,22,39H,21H2,1-6H3/b25-18+,35-26+,39-22?/i1D3,3D3,15D,21D2. The fraction of sp³-hybridized carbons (Fsp3) is 0.211. The van der Waals surface area contributed by atoms with Crippen LogP contribution in [0.3, 0.4) is 0 Å². The quantitative estimate of drug-likeness (QED) is 0.170. The van der Waals surface area contributed by atoms with Crippen LogP contribution in [0.4, 0.5) is 0 Å². The molecule has 1 aromatic heterocycles. The van der Waals surface area contributed by atoms with Gasteiger partial charge in [0.25, 0.3) is 0 Å². The summed E-state index contributed by atoms with van der Waals surface area (Å²) in [6.45, 7) is 1.02. The van der Waals surface area contributed by atoms with Gasteiger partial charge in [-0.15, -0.1) is 0 Å². The second kappa shape index (κ2) is 11.1. The fourth-order valence-corrected chi connectivity index (χ4v) is 4.94. The van der Waals surface area contributed by atoms with Crippen LogP contribution in [0.1, 0.15) is 74.7 Å². The number of nitriles is 1. The Balaban J connectivity index is 1.77. The summed E-state index contributed by atoms with van der Waals surface area (Å²) < 4.78 is 82.9. The number of furan rings is 1. The van der Waals surface area contributed by atoms with Gasteiger partial charge in [-0.25, -0.2) is 0 Å². The molecule has 41 heavy (non-hydrogen) atoms. The molecule has 0 unspecified atom stereocenters. The molecule has 204 valence electrons. The van der Waals surface area contributed by atoms with Crippen molar-refractivity contribution < 1.29 is 16.8 Å². The summed E-state index contributed by atoms with van der Waals surface area (Å²) >= 11 is 0. The van der Waals surface area contributed by atoms with E-state index in [1.165, 1.54) is 18.2 Å². The molecular weight excluding hydrogens is 500 g/mol. The smallest absolute Gasteiger partial charge is 0.142 e. The highest BCUT2D eigenvalue weighted by Gasteiger charge is 2.16. The van der Waals surface area contributed by atoms with Gasteiger partial charge in [-0.3, -0.25) is 0 Å². The Morgan fingerprint density at radius 1 is 1.02 bits per heavy atom. The van der Waals surface area contributed by atoms with E-state index in [1.54, 1.807) is 45.9 Å². The normalized spacial score (nSPS) is 17.0. The summed E-state index contributed by atoms with van der Waals surface area (Å²) in [5.41, 5.74) is 2.20. The number of allylic oxidation sites excluding steroid dienone is 4. The largest absolute Gasteiger partial charge is 0.455 e. The number of fused-ring (bicyclic) bond motifs is 3. The lowest BCUT2D eigenvalue weighted by atomic mass is 9.86. The van der Waals surface area contributed by atoms with E-state index in [0.29, 0.717) is 34.1 Å². The first-order chi connectivity index (χ1) is 23.2. The van der Waals surface area contributed by atoms with Crippen LogP contribution in [0.2, 0.25) is 0 Å². The lowest BCUT2D eigenvalue weighted by Gasteiger charge is -2.19. The molecule has 0 aliphatic heterocycles. The number of rotatable bonds is 6. The minimum absolute atomic E-state index is 0.0130. The van der Waals surface area contributed by atoms with Gasteiger partial charge in [-0.2, -0.15) is 5.26 Å². The molecule has 3 heteroatoms. The van der Waals surface area contributed by atoms with Crippen LogP contribution in [0, 0.1) is 29.0 Å². The number of hydrogen-bond donors (Lipinski definition) is 1. The first-order valence-corrected chi connectivity index (χ1v) is 13.2. The van der Waals surface area contributed by atoms with Gasteiger partial charge in [-0.1, -0.05) is 81.4 Å². The van der Waals surface area contributed by atoms with Crippen molar-refractivity contribution in [1.82, 2.24) is 0 Å². The number of benzene rings is 4. The second-order valence-electron chi connectivity index (χ2n) is 11.0. The Kier molecular flexibility index (Phi) is 5.03. The Labute approximate surface area is 255 Å². The SMILES string of the molecule is [2H]c1cc(C([2H])([2H])C(C)(C)C)cc(C([2H])([2H])[2H])c1C(/C=C(\C)c1cccc2c1oc1cc(-c3cccc(C#N)c3)ccc12)=C(/C=N)C([2H])([2H])[2H]. The Morgan fingerprint density at radius 2 is 1.83 bits per heavy atom. The highest BCUT2D eigenvalue weighted by Crippen LogP contribution is 2.37. The van der Waals surface area contributed by atoms with Crippen molar-refractivity contribution in [2.45, 2.75) is 47.8 Å². The molecule has 1 heterocycles. The topological polar surface area (TPSA) is 60.8 Å². The lowest BCUT2D eigenvalue weighted by Crippen LogP contribution is -2.09. The minimum Gasteiger partial charge on any atom is -0.455 e. The Bertz CT molecular complexity index is 2260. The van der Waals surface area contributed by atoms with Gasteiger partial charge in [0.1, 0.15) is 11.2 Å². The maximum absolute atomic E-state index is 9.36. The molecule has 1 N–H and O–H groups in total. The highest BCUT2D eigenvalue weighted by atomic mass is 16.3. The average Bonchev–Trinajstić information content (AvgIpc) is 3.40. The first-order valence-electron chi connectivity index (χ1n) is 17.7. The van der Waals surface area contributed by atoms with Crippen molar-refractivity contribution in [1.29, 1.82) is 10.7 Å². The van der Waals surface area contributed by atoms with E-state index in [4.69, 9.17) is 22.2 Å². The molecule has 0 aliphatic carbocycles. The predicted octanol–water partition coefficient (Wildman–Crippen LogP) is 10.5. The van der Waals surface area contributed by atoms with E-state index in [-0.39, 0.29) is 28.3 Å². The summed E-state index contributed by atoms with van der Waals surface area (Å²) in [5.74, 6) is 0. The molecule has 0 aliphatic rings. The van der Waals surface area contributed by atoms with Gasteiger partial charge in [0.15, 0.2) is 0 Å². The van der Waals surface area contributed by atoms with Gasteiger partial charge >= 0.3 is 0 Å². The van der Waals surface area contributed by atoms with Crippen molar-refractivity contribution in [3.63, 3.8) is 0 Å². The molecular formula is C38H36N2O. The maximum atomic E-state index is 9.36. The van der Waals surface area contributed by atoms with Gasteiger partial charge in [0.2, 0.25) is 0 Å². The molecule has 5 rings (SSSR count). The molecule has 0 fully saturated rings. The van der Waals surface area contributed by atoms with E-state index in [2.05, 4.69) is 6.07 Å². The molecule has 0 radical (unpaired) electrons. The Morgan fingerprint density at radius 3 is 2.56 bits per heavy atom.